The number of carboxylic acid groups (broad SMARTS) is 1. The fraction of sp³-hybridized carbons (Fsp3) is 0.846. The van der Waals surface area contributed by atoms with Crippen LogP contribution in [0.25, 0.3) is 0 Å². The molecule has 0 bridgehead atoms. The summed E-state index contributed by atoms with van der Waals surface area (Å²) in [6.45, 7) is 0. The molecule has 2 aliphatic rings. The normalized spacial score (nSPS) is 23.8. The van der Waals surface area contributed by atoms with Crippen molar-refractivity contribution >= 4 is 11.9 Å². The van der Waals surface area contributed by atoms with E-state index in [1.54, 1.807) is 0 Å². The van der Waals surface area contributed by atoms with Crippen molar-refractivity contribution in [2.24, 2.45) is 5.41 Å². The van der Waals surface area contributed by atoms with E-state index in [0.29, 0.717) is 0 Å². The zero-order valence-corrected chi connectivity index (χ0v) is 10.2. The summed E-state index contributed by atoms with van der Waals surface area (Å²) in [7, 11) is 0. The molecule has 0 heterocycles. The molecule has 4 heteroatoms. The second-order valence-corrected chi connectivity index (χ2v) is 5.51. The van der Waals surface area contributed by atoms with Gasteiger partial charge in [0.15, 0.2) is 0 Å². The fourth-order valence-corrected chi connectivity index (χ4v) is 2.69. The van der Waals surface area contributed by atoms with Crippen LogP contribution in [0.5, 0.6) is 0 Å². The molecule has 2 saturated carbocycles. The molecule has 0 aromatic heterocycles. The van der Waals surface area contributed by atoms with Gasteiger partial charge in [-0.3, -0.25) is 9.59 Å². The molecule has 2 fully saturated rings. The highest BCUT2D eigenvalue weighted by atomic mass is 16.4. The summed E-state index contributed by atoms with van der Waals surface area (Å²) in [5.74, 6) is -0.884. The van der Waals surface area contributed by atoms with E-state index in [2.05, 4.69) is 5.32 Å². The second kappa shape index (κ2) is 5.07. The van der Waals surface area contributed by atoms with Gasteiger partial charge in [-0.1, -0.05) is 25.7 Å². The monoisotopic (exact) mass is 239 g/mol. The Morgan fingerprint density at radius 2 is 1.71 bits per heavy atom. The van der Waals surface area contributed by atoms with Gasteiger partial charge >= 0.3 is 5.97 Å². The lowest BCUT2D eigenvalue weighted by Crippen LogP contribution is -2.40. The number of carbonyl (C=O) groups excluding carboxylic acids is 1. The predicted molar refractivity (Wildman–Crippen MR) is 63.6 cm³/mol. The van der Waals surface area contributed by atoms with Crippen molar-refractivity contribution in [3.05, 3.63) is 0 Å². The molecule has 0 unspecified atom stereocenters. The summed E-state index contributed by atoms with van der Waals surface area (Å²) in [5.41, 5.74) is -0.571. The standard InChI is InChI=1S/C13H21NO3/c15-11(16)9-13(7-8-13)12(17)14-10-5-3-1-2-4-6-10/h10H,1-9H2,(H,14,17)(H,15,16). The van der Waals surface area contributed by atoms with Crippen LogP contribution < -0.4 is 5.32 Å². The van der Waals surface area contributed by atoms with Crippen LogP contribution in [0.3, 0.4) is 0 Å². The molecule has 1 amide bonds. The van der Waals surface area contributed by atoms with Crippen LogP contribution in [0.1, 0.15) is 57.8 Å². The van der Waals surface area contributed by atoms with Gasteiger partial charge in [0.25, 0.3) is 0 Å². The van der Waals surface area contributed by atoms with Crippen LogP contribution in [0.4, 0.5) is 0 Å². The van der Waals surface area contributed by atoms with Crippen LogP contribution in [0.15, 0.2) is 0 Å². The van der Waals surface area contributed by atoms with E-state index in [1.807, 2.05) is 0 Å². The number of hydrogen-bond donors (Lipinski definition) is 2. The molecule has 4 nitrogen and oxygen atoms in total. The first-order chi connectivity index (χ1) is 8.12. The Labute approximate surface area is 102 Å². The van der Waals surface area contributed by atoms with Crippen molar-refractivity contribution in [2.45, 2.75) is 63.8 Å². The number of nitrogens with one attached hydrogen (secondary N) is 1. The highest BCUT2D eigenvalue weighted by Crippen LogP contribution is 2.49. The van der Waals surface area contributed by atoms with E-state index < -0.39 is 11.4 Å². The number of hydrogen-bond acceptors (Lipinski definition) is 2. The minimum absolute atomic E-state index is 0.00838. The van der Waals surface area contributed by atoms with Crippen LogP contribution in [0, 0.1) is 5.41 Å². The van der Waals surface area contributed by atoms with Crippen LogP contribution in [0.2, 0.25) is 0 Å². The SMILES string of the molecule is O=C(O)CC1(C(=O)NC2CCCCCC2)CC1. The summed E-state index contributed by atoms with van der Waals surface area (Å²) in [4.78, 5) is 22.8. The molecule has 2 rings (SSSR count). The maximum atomic E-state index is 12.1. The third kappa shape index (κ3) is 3.20. The van der Waals surface area contributed by atoms with Gasteiger partial charge in [-0.15, -0.1) is 0 Å². The number of rotatable bonds is 4. The minimum atomic E-state index is -0.862. The lowest BCUT2D eigenvalue weighted by molar-refractivity contribution is -0.142. The maximum Gasteiger partial charge on any atom is 0.304 e. The molecule has 2 aliphatic carbocycles. The maximum absolute atomic E-state index is 12.1. The van der Waals surface area contributed by atoms with Crippen molar-refractivity contribution in [3.63, 3.8) is 0 Å². The Morgan fingerprint density at radius 3 is 2.18 bits per heavy atom. The first-order valence-electron chi connectivity index (χ1n) is 6.65. The van der Waals surface area contributed by atoms with Gasteiger partial charge in [0.05, 0.1) is 11.8 Å². The lowest BCUT2D eigenvalue weighted by atomic mass is 10.00. The van der Waals surface area contributed by atoms with Crippen LogP contribution >= 0.6 is 0 Å². The summed E-state index contributed by atoms with van der Waals surface area (Å²) in [6, 6.07) is 0.274. The summed E-state index contributed by atoms with van der Waals surface area (Å²) in [5, 5.41) is 11.9. The molecule has 0 aromatic carbocycles. The van der Waals surface area contributed by atoms with E-state index in [-0.39, 0.29) is 18.4 Å². The highest BCUT2D eigenvalue weighted by Gasteiger charge is 2.51. The smallest absolute Gasteiger partial charge is 0.304 e. The number of carboxylic acids is 1. The van der Waals surface area contributed by atoms with Gasteiger partial charge in [0.2, 0.25) is 5.91 Å². The first kappa shape index (κ1) is 12.4. The van der Waals surface area contributed by atoms with Crippen LogP contribution in [-0.4, -0.2) is 23.0 Å². The molecule has 0 atom stereocenters. The quantitative estimate of drug-likeness (QED) is 0.738. The molecular weight excluding hydrogens is 218 g/mol. The molecule has 0 spiro atoms. The topological polar surface area (TPSA) is 66.4 Å². The first-order valence-corrected chi connectivity index (χ1v) is 6.65. The number of aliphatic carboxylic acids is 1. The Bertz CT molecular complexity index is 302. The largest absolute Gasteiger partial charge is 0.481 e. The van der Waals surface area contributed by atoms with Crippen molar-refractivity contribution in [2.75, 3.05) is 0 Å². The highest BCUT2D eigenvalue weighted by molar-refractivity contribution is 5.89. The van der Waals surface area contributed by atoms with Crippen molar-refractivity contribution in [3.8, 4) is 0 Å². The minimum Gasteiger partial charge on any atom is -0.481 e. The summed E-state index contributed by atoms with van der Waals surface area (Å²) < 4.78 is 0. The van der Waals surface area contributed by atoms with E-state index in [9.17, 15) is 9.59 Å². The van der Waals surface area contributed by atoms with Crippen molar-refractivity contribution < 1.29 is 14.7 Å². The van der Waals surface area contributed by atoms with Crippen LogP contribution in [-0.2, 0) is 9.59 Å². The Kier molecular flexibility index (Phi) is 3.69. The van der Waals surface area contributed by atoms with Gasteiger partial charge < -0.3 is 10.4 Å². The zero-order chi connectivity index (χ0) is 12.3. The van der Waals surface area contributed by atoms with Gasteiger partial charge in [-0.05, 0) is 25.7 Å². The molecule has 0 saturated heterocycles. The number of amides is 1. The lowest BCUT2D eigenvalue weighted by Gasteiger charge is -2.20. The van der Waals surface area contributed by atoms with Crippen molar-refractivity contribution in [1.29, 1.82) is 0 Å². The molecule has 0 aromatic rings. The van der Waals surface area contributed by atoms with Gasteiger partial charge in [-0.2, -0.15) is 0 Å². The van der Waals surface area contributed by atoms with E-state index in [1.165, 1.54) is 25.7 Å². The fourth-order valence-electron chi connectivity index (χ4n) is 2.69. The average molecular weight is 239 g/mol. The summed E-state index contributed by atoms with van der Waals surface area (Å²) >= 11 is 0. The zero-order valence-electron chi connectivity index (χ0n) is 10.2. The van der Waals surface area contributed by atoms with Gasteiger partial charge in [0.1, 0.15) is 0 Å². The molecular formula is C13H21NO3. The Hall–Kier alpha value is -1.06. The predicted octanol–water partition coefficient (Wildman–Crippen LogP) is 2.08. The Balaban J connectivity index is 1.85. The summed E-state index contributed by atoms with van der Waals surface area (Å²) in [6.07, 6.45) is 8.43. The van der Waals surface area contributed by atoms with Gasteiger partial charge in [0, 0.05) is 6.04 Å². The molecule has 17 heavy (non-hydrogen) atoms. The molecule has 0 aliphatic heterocycles. The second-order valence-electron chi connectivity index (χ2n) is 5.51. The third-order valence-corrected chi connectivity index (χ3v) is 4.02. The Morgan fingerprint density at radius 1 is 1.12 bits per heavy atom. The molecule has 2 N–H and O–H groups in total. The molecule has 96 valence electrons. The van der Waals surface area contributed by atoms with E-state index >= 15 is 0 Å². The van der Waals surface area contributed by atoms with Crippen molar-refractivity contribution in [1.82, 2.24) is 5.32 Å². The van der Waals surface area contributed by atoms with E-state index in [4.69, 9.17) is 5.11 Å². The number of carbonyl (C=O) groups is 2. The average Bonchev–Trinajstić information content (AvgIpc) is 3.03. The third-order valence-electron chi connectivity index (χ3n) is 4.02. The van der Waals surface area contributed by atoms with E-state index in [0.717, 1.165) is 25.7 Å². The van der Waals surface area contributed by atoms with Gasteiger partial charge in [-0.25, -0.2) is 0 Å². The molecule has 0 radical (unpaired) electrons.